The fourth-order valence-corrected chi connectivity index (χ4v) is 2.86. The quantitative estimate of drug-likeness (QED) is 0.845. The van der Waals surface area contributed by atoms with Crippen LogP contribution in [0.1, 0.15) is 25.8 Å². The summed E-state index contributed by atoms with van der Waals surface area (Å²) in [6.45, 7) is 5.06. The Morgan fingerprint density at radius 3 is 2.71 bits per heavy atom. The summed E-state index contributed by atoms with van der Waals surface area (Å²) in [5.74, 6) is 0. The molecular weight excluding hydrogens is 258 g/mol. The number of rotatable bonds is 4. The molecule has 0 saturated heterocycles. The van der Waals surface area contributed by atoms with Crippen molar-refractivity contribution >= 4 is 27.7 Å². The van der Waals surface area contributed by atoms with Crippen LogP contribution < -0.4 is 5.73 Å². The molecule has 0 aromatic heterocycles. The number of nitrogens with two attached hydrogens (primary N) is 1. The molecule has 1 aromatic carbocycles. The van der Waals surface area contributed by atoms with Crippen molar-refractivity contribution in [2.45, 2.75) is 37.0 Å². The van der Waals surface area contributed by atoms with Gasteiger partial charge in [-0.25, -0.2) is 0 Å². The van der Waals surface area contributed by atoms with E-state index >= 15 is 0 Å². The molecule has 78 valence electrons. The first-order chi connectivity index (χ1) is 6.65. The van der Waals surface area contributed by atoms with Crippen LogP contribution in [0.3, 0.4) is 0 Å². The lowest BCUT2D eigenvalue weighted by Gasteiger charge is -2.09. The van der Waals surface area contributed by atoms with Crippen LogP contribution in [0.5, 0.6) is 0 Å². The SMILES string of the molecule is CCC(C)Sc1cc(Br)cc(CN)c1. The maximum absolute atomic E-state index is 5.62. The summed E-state index contributed by atoms with van der Waals surface area (Å²) >= 11 is 5.40. The zero-order valence-electron chi connectivity index (χ0n) is 8.59. The molecule has 3 heteroatoms. The molecular formula is C11H16BrNS. The number of halogens is 1. The number of thioether (sulfide) groups is 1. The van der Waals surface area contributed by atoms with Gasteiger partial charge in [0.2, 0.25) is 0 Å². The van der Waals surface area contributed by atoms with Gasteiger partial charge in [-0.3, -0.25) is 0 Å². The monoisotopic (exact) mass is 273 g/mol. The van der Waals surface area contributed by atoms with E-state index in [-0.39, 0.29) is 0 Å². The highest BCUT2D eigenvalue weighted by atomic mass is 79.9. The van der Waals surface area contributed by atoms with Gasteiger partial charge in [0.1, 0.15) is 0 Å². The van der Waals surface area contributed by atoms with Crippen LogP contribution in [0.4, 0.5) is 0 Å². The number of benzene rings is 1. The van der Waals surface area contributed by atoms with E-state index in [0.29, 0.717) is 11.8 Å². The first-order valence-corrected chi connectivity index (χ1v) is 6.49. The first kappa shape index (κ1) is 12.1. The molecule has 0 fully saturated rings. The second-order valence-corrected chi connectivity index (χ2v) is 5.76. The molecule has 0 aliphatic carbocycles. The largest absolute Gasteiger partial charge is 0.326 e. The van der Waals surface area contributed by atoms with E-state index in [1.807, 2.05) is 11.8 Å². The highest BCUT2D eigenvalue weighted by Crippen LogP contribution is 2.28. The summed E-state index contributed by atoms with van der Waals surface area (Å²) < 4.78 is 1.12. The Hall–Kier alpha value is 0.01000. The normalized spacial score (nSPS) is 12.9. The molecule has 0 heterocycles. The van der Waals surface area contributed by atoms with Crippen molar-refractivity contribution in [3.63, 3.8) is 0 Å². The first-order valence-electron chi connectivity index (χ1n) is 4.82. The molecule has 0 radical (unpaired) electrons. The van der Waals surface area contributed by atoms with Gasteiger partial charge in [0.25, 0.3) is 0 Å². The molecule has 1 rings (SSSR count). The Kier molecular flexibility index (Phi) is 4.99. The van der Waals surface area contributed by atoms with Crippen LogP contribution in [0.25, 0.3) is 0 Å². The fraction of sp³-hybridized carbons (Fsp3) is 0.455. The third-order valence-electron chi connectivity index (χ3n) is 2.08. The van der Waals surface area contributed by atoms with Gasteiger partial charge in [-0.2, -0.15) is 0 Å². The maximum Gasteiger partial charge on any atom is 0.0189 e. The van der Waals surface area contributed by atoms with Gasteiger partial charge in [-0.15, -0.1) is 11.8 Å². The molecule has 0 spiro atoms. The molecule has 1 nitrogen and oxygen atoms in total. The summed E-state index contributed by atoms with van der Waals surface area (Å²) in [6.07, 6.45) is 1.19. The second-order valence-electron chi connectivity index (χ2n) is 3.34. The molecule has 0 amide bonds. The predicted octanol–water partition coefficient (Wildman–Crippen LogP) is 3.80. The van der Waals surface area contributed by atoms with Crippen LogP contribution in [0.15, 0.2) is 27.6 Å². The van der Waals surface area contributed by atoms with Crippen molar-refractivity contribution in [3.8, 4) is 0 Å². The van der Waals surface area contributed by atoms with Crippen molar-refractivity contribution in [2.75, 3.05) is 0 Å². The predicted molar refractivity (Wildman–Crippen MR) is 67.6 cm³/mol. The average molecular weight is 274 g/mol. The average Bonchev–Trinajstić information content (AvgIpc) is 2.16. The molecule has 0 aliphatic heterocycles. The Labute approximate surface area is 98.6 Å². The summed E-state index contributed by atoms with van der Waals surface area (Å²) in [4.78, 5) is 1.30. The minimum atomic E-state index is 0.605. The van der Waals surface area contributed by atoms with Gasteiger partial charge in [0.15, 0.2) is 0 Å². The molecule has 1 aromatic rings. The van der Waals surface area contributed by atoms with Crippen LogP contribution in [-0.2, 0) is 6.54 Å². The Morgan fingerprint density at radius 2 is 2.14 bits per heavy atom. The van der Waals surface area contributed by atoms with E-state index in [1.54, 1.807) is 0 Å². The van der Waals surface area contributed by atoms with Crippen molar-refractivity contribution in [2.24, 2.45) is 5.73 Å². The molecule has 0 bridgehead atoms. The van der Waals surface area contributed by atoms with Crippen molar-refractivity contribution in [3.05, 3.63) is 28.2 Å². The zero-order valence-corrected chi connectivity index (χ0v) is 11.0. The van der Waals surface area contributed by atoms with Crippen LogP contribution >= 0.6 is 27.7 Å². The smallest absolute Gasteiger partial charge is 0.0189 e. The number of hydrogen-bond acceptors (Lipinski definition) is 2. The third kappa shape index (κ3) is 3.64. The fourth-order valence-electron chi connectivity index (χ4n) is 1.12. The van der Waals surface area contributed by atoms with Crippen LogP contribution in [0, 0.1) is 0 Å². The minimum Gasteiger partial charge on any atom is -0.326 e. The Morgan fingerprint density at radius 1 is 1.43 bits per heavy atom. The van der Waals surface area contributed by atoms with E-state index in [9.17, 15) is 0 Å². The lowest BCUT2D eigenvalue weighted by molar-refractivity contribution is 0.905. The van der Waals surface area contributed by atoms with Crippen molar-refractivity contribution in [1.82, 2.24) is 0 Å². The summed E-state index contributed by atoms with van der Waals surface area (Å²) in [6, 6.07) is 6.39. The molecule has 1 unspecified atom stereocenters. The maximum atomic E-state index is 5.62. The lowest BCUT2D eigenvalue weighted by atomic mass is 10.2. The third-order valence-corrected chi connectivity index (χ3v) is 3.78. The standard InChI is InChI=1S/C11H16BrNS/c1-3-8(2)14-11-5-9(7-13)4-10(12)6-11/h4-6,8H,3,7,13H2,1-2H3. The van der Waals surface area contributed by atoms with Crippen molar-refractivity contribution in [1.29, 1.82) is 0 Å². The van der Waals surface area contributed by atoms with E-state index in [2.05, 4.69) is 48.0 Å². The molecule has 14 heavy (non-hydrogen) atoms. The second kappa shape index (κ2) is 5.79. The number of hydrogen-bond donors (Lipinski definition) is 1. The Bertz CT molecular complexity index is 301. The minimum absolute atomic E-state index is 0.605. The van der Waals surface area contributed by atoms with Gasteiger partial charge < -0.3 is 5.73 Å². The van der Waals surface area contributed by atoms with Gasteiger partial charge in [0, 0.05) is 21.2 Å². The van der Waals surface area contributed by atoms with Crippen LogP contribution in [0.2, 0.25) is 0 Å². The Balaban J connectivity index is 2.81. The molecule has 0 aliphatic rings. The van der Waals surface area contributed by atoms with E-state index in [0.717, 1.165) is 4.47 Å². The molecule has 1 atom stereocenters. The lowest BCUT2D eigenvalue weighted by Crippen LogP contribution is -1.97. The van der Waals surface area contributed by atoms with E-state index in [1.165, 1.54) is 16.9 Å². The highest BCUT2D eigenvalue weighted by Gasteiger charge is 2.03. The van der Waals surface area contributed by atoms with Crippen molar-refractivity contribution < 1.29 is 0 Å². The van der Waals surface area contributed by atoms with E-state index < -0.39 is 0 Å². The summed E-state index contributed by atoms with van der Waals surface area (Å²) in [5, 5.41) is 0.662. The molecule has 0 saturated carbocycles. The van der Waals surface area contributed by atoms with E-state index in [4.69, 9.17) is 5.73 Å². The van der Waals surface area contributed by atoms with Gasteiger partial charge in [0.05, 0.1) is 0 Å². The zero-order chi connectivity index (χ0) is 10.6. The van der Waals surface area contributed by atoms with Gasteiger partial charge in [-0.05, 0) is 30.2 Å². The topological polar surface area (TPSA) is 26.0 Å². The van der Waals surface area contributed by atoms with Gasteiger partial charge >= 0.3 is 0 Å². The van der Waals surface area contributed by atoms with Crippen LogP contribution in [-0.4, -0.2) is 5.25 Å². The summed E-state index contributed by atoms with van der Waals surface area (Å²) in [5.41, 5.74) is 6.81. The summed E-state index contributed by atoms with van der Waals surface area (Å²) in [7, 11) is 0. The van der Waals surface area contributed by atoms with Gasteiger partial charge in [-0.1, -0.05) is 29.8 Å². The molecule has 2 N–H and O–H groups in total. The highest BCUT2D eigenvalue weighted by molar-refractivity contribution is 9.10.